The Kier molecular flexibility index (Phi) is 10.9. The van der Waals surface area contributed by atoms with E-state index in [4.69, 9.17) is 4.42 Å². The summed E-state index contributed by atoms with van der Waals surface area (Å²) in [4.78, 5) is 16.7. The van der Waals surface area contributed by atoms with Crippen molar-refractivity contribution in [1.29, 1.82) is 0 Å². The van der Waals surface area contributed by atoms with Crippen molar-refractivity contribution >= 4 is 35.8 Å². The zero-order chi connectivity index (χ0) is 19.7. The number of furan rings is 1. The summed E-state index contributed by atoms with van der Waals surface area (Å²) >= 11 is 0. The highest BCUT2D eigenvalue weighted by molar-refractivity contribution is 14.0. The number of aliphatic imine (C=N–C) groups is 1. The van der Waals surface area contributed by atoms with Crippen LogP contribution in [0.5, 0.6) is 0 Å². The number of rotatable bonds is 8. The first kappa shape index (κ1) is 24.7. The Hall–Kier alpha value is -1.29. The van der Waals surface area contributed by atoms with Gasteiger partial charge >= 0.3 is 0 Å². The Morgan fingerprint density at radius 1 is 1.32 bits per heavy atom. The smallest absolute Gasteiger partial charge is 0.287 e. The van der Waals surface area contributed by atoms with E-state index >= 15 is 0 Å². The molecule has 1 fully saturated rings. The number of aryl methyl sites for hydroxylation is 1. The summed E-state index contributed by atoms with van der Waals surface area (Å²) in [6.45, 7) is 8.64. The van der Waals surface area contributed by atoms with E-state index < -0.39 is 0 Å². The van der Waals surface area contributed by atoms with Crippen LogP contribution < -0.4 is 16.0 Å². The minimum absolute atomic E-state index is 0. The third-order valence-electron chi connectivity index (χ3n) is 5.22. The molecule has 7 nitrogen and oxygen atoms in total. The van der Waals surface area contributed by atoms with E-state index in [9.17, 15) is 9.90 Å². The molecule has 0 aliphatic heterocycles. The first-order valence-electron chi connectivity index (χ1n) is 9.99. The number of guanidine groups is 1. The fraction of sp³-hybridized carbons (Fsp3) is 0.700. The zero-order valence-corrected chi connectivity index (χ0v) is 19.5. The Balaban J connectivity index is 0.00000392. The van der Waals surface area contributed by atoms with E-state index in [1.54, 1.807) is 6.07 Å². The van der Waals surface area contributed by atoms with Crippen LogP contribution in [0, 0.1) is 12.3 Å². The predicted molar refractivity (Wildman–Crippen MR) is 122 cm³/mol. The van der Waals surface area contributed by atoms with Crippen LogP contribution in [0.4, 0.5) is 0 Å². The van der Waals surface area contributed by atoms with Crippen LogP contribution >= 0.6 is 24.0 Å². The normalized spacial score (nSPS) is 22.3. The van der Waals surface area contributed by atoms with Gasteiger partial charge in [0.25, 0.3) is 5.91 Å². The molecule has 160 valence electrons. The van der Waals surface area contributed by atoms with Gasteiger partial charge in [-0.2, -0.15) is 0 Å². The predicted octanol–water partition coefficient (Wildman–Crippen LogP) is 2.82. The summed E-state index contributed by atoms with van der Waals surface area (Å²) in [7, 11) is 0. The lowest BCUT2D eigenvalue weighted by Crippen LogP contribution is -2.42. The average molecular weight is 506 g/mol. The molecular weight excluding hydrogens is 471 g/mol. The van der Waals surface area contributed by atoms with Crippen molar-refractivity contribution < 1.29 is 14.3 Å². The number of aliphatic hydroxyl groups is 1. The number of hydrogen-bond donors (Lipinski definition) is 4. The number of carbonyl (C=O) groups is 1. The molecule has 1 amide bonds. The Bertz CT molecular complexity index is 635. The van der Waals surface area contributed by atoms with Gasteiger partial charge in [0.05, 0.1) is 18.9 Å². The number of amides is 1. The van der Waals surface area contributed by atoms with E-state index in [0.717, 1.165) is 50.2 Å². The second-order valence-electron chi connectivity index (χ2n) is 7.58. The molecule has 0 aromatic carbocycles. The Morgan fingerprint density at radius 3 is 2.71 bits per heavy atom. The largest absolute Gasteiger partial charge is 0.459 e. The number of carbonyl (C=O) groups excluding carboxylic acids is 1. The molecule has 0 radical (unpaired) electrons. The minimum Gasteiger partial charge on any atom is -0.459 e. The molecule has 1 aromatic heterocycles. The zero-order valence-electron chi connectivity index (χ0n) is 17.2. The fourth-order valence-electron chi connectivity index (χ4n) is 3.35. The topological polar surface area (TPSA) is 98.9 Å². The number of nitrogens with zero attached hydrogens (tertiary/aromatic N) is 1. The van der Waals surface area contributed by atoms with Crippen LogP contribution in [-0.2, 0) is 0 Å². The maximum Gasteiger partial charge on any atom is 0.287 e. The lowest BCUT2D eigenvalue weighted by atomic mass is 9.73. The van der Waals surface area contributed by atoms with Crippen molar-refractivity contribution in [2.45, 2.75) is 59.0 Å². The maximum absolute atomic E-state index is 12.0. The SMILES string of the molecule is CCNC(=NCC1(C)CCCCC1O)NCCCNC(=O)c1occc1C.I. The highest BCUT2D eigenvalue weighted by Gasteiger charge is 2.35. The summed E-state index contributed by atoms with van der Waals surface area (Å²) in [5, 5.41) is 19.7. The van der Waals surface area contributed by atoms with Gasteiger partial charge in [0.15, 0.2) is 11.7 Å². The van der Waals surface area contributed by atoms with Crippen molar-refractivity contribution in [1.82, 2.24) is 16.0 Å². The Morgan fingerprint density at radius 2 is 2.07 bits per heavy atom. The average Bonchev–Trinajstić information content (AvgIpc) is 3.08. The fourth-order valence-corrected chi connectivity index (χ4v) is 3.35. The number of halogens is 1. The second-order valence-corrected chi connectivity index (χ2v) is 7.58. The summed E-state index contributed by atoms with van der Waals surface area (Å²) in [6.07, 6.45) is 6.15. The second kappa shape index (κ2) is 12.3. The monoisotopic (exact) mass is 506 g/mol. The number of hydrogen-bond acceptors (Lipinski definition) is 4. The van der Waals surface area contributed by atoms with E-state index in [1.807, 2.05) is 13.8 Å². The number of aliphatic hydroxyl groups excluding tert-OH is 1. The lowest BCUT2D eigenvalue weighted by molar-refractivity contribution is 0.00716. The van der Waals surface area contributed by atoms with Gasteiger partial charge in [-0.05, 0) is 39.2 Å². The van der Waals surface area contributed by atoms with E-state index in [0.29, 0.717) is 25.4 Å². The molecule has 1 aromatic rings. The van der Waals surface area contributed by atoms with Crippen LogP contribution in [0.25, 0.3) is 0 Å². The van der Waals surface area contributed by atoms with Gasteiger partial charge in [-0.1, -0.05) is 19.8 Å². The quantitative estimate of drug-likeness (QED) is 0.188. The molecule has 2 unspecified atom stereocenters. The van der Waals surface area contributed by atoms with Crippen molar-refractivity contribution in [3.05, 3.63) is 23.7 Å². The third-order valence-corrected chi connectivity index (χ3v) is 5.22. The van der Waals surface area contributed by atoms with Crippen molar-refractivity contribution in [2.75, 3.05) is 26.2 Å². The van der Waals surface area contributed by atoms with Gasteiger partial charge in [-0.15, -0.1) is 24.0 Å². The van der Waals surface area contributed by atoms with E-state index in [1.165, 1.54) is 6.26 Å². The van der Waals surface area contributed by atoms with Crippen LogP contribution in [0.3, 0.4) is 0 Å². The molecule has 2 atom stereocenters. The van der Waals surface area contributed by atoms with Gasteiger partial charge < -0.3 is 25.5 Å². The highest BCUT2D eigenvalue weighted by atomic mass is 127. The van der Waals surface area contributed by atoms with E-state index in [2.05, 4.69) is 27.9 Å². The van der Waals surface area contributed by atoms with Crippen molar-refractivity contribution in [2.24, 2.45) is 10.4 Å². The van der Waals surface area contributed by atoms with Gasteiger partial charge in [0.2, 0.25) is 0 Å². The molecule has 0 saturated heterocycles. The minimum atomic E-state index is -0.279. The van der Waals surface area contributed by atoms with E-state index in [-0.39, 0.29) is 41.4 Å². The molecule has 2 rings (SSSR count). The summed E-state index contributed by atoms with van der Waals surface area (Å²) in [5.74, 6) is 0.944. The maximum atomic E-state index is 12.0. The lowest BCUT2D eigenvalue weighted by Gasteiger charge is -2.37. The summed E-state index contributed by atoms with van der Waals surface area (Å²) in [6, 6.07) is 1.78. The molecule has 8 heteroatoms. The van der Waals surface area contributed by atoms with Gasteiger partial charge in [-0.3, -0.25) is 9.79 Å². The highest BCUT2D eigenvalue weighted by Crippen LogP contribution is 2.36. The Labute approximate surface area is 185 Å². The first-order valence-corrected chi connectivity index (χ1v) is 9.99. The summed E-state index contributed by atoms with van der Waals surface area (Å²) < 4.78 is 5.18. The molecule has 1 saturated carbocycles. The first-order chi connectivity index (χ1) is 13.0. The standard InChI is InChI=1S/C20H34N4O3.HI/c1-4-21-19(24-14-20(3)10-6-5-8-16(20)25)23-12-7-11-22-18(26)17-15(2)9-13-27-17;/h9,13,16,25H,4-8,10-12,14H2,1-3H3,(H,22,26)(H2,21,23,24);1H. The van der Waals surface area contributed by atoms with Crippen LogP contribution in [0.15, 0.2) is 21.7 Å². The third kappa shape index (κ3) is 7.27. The van der Waals surface area contributed by atoms with Crippen LogP contribution in [0.1, 0.15) is 62.1 Å². The molecule has 0 spiro atoms. The molecule has 1 aliphatic rings. The molecule has 1 heterocycles. The van der Waals surface area contributed by atoms with Gasteiger partial charge in [0, 0.05) is 30.6 Å². The molecular formula is C20H35IN4O3. The molecule has 28 heavy (non-hydrogen) atoms. The molecule has 0 bridgehead atoms. The van der Waals surface area contributed by atoms with Gasteiger partial charge in [0.1, 0.15) is 0 Å². The van der Waals surface area contributed by atoms with Crippen molar-refractivity contribution in [3.63, 3.8) is 0 Å². The van der Waals surface area contributed by atoms with Gasteiger partial charge in [-0.25, -0.2) is 0 Å². The molecule has 4 N–H and O–H groups in total. The van der Waals surface area contributed by atoms with Crippen molar-refractivity contribution in [3.8, 4) is 0 Å². The van der Waals surface area contributed by atoms with Crippen LogP contribution in [-0.4, -0.2) is 49.3 Å². The molecule has 1 aliphatic carbocycles. The van der Waals surface area contributed by atoms with Crippen LogP contribution in [0.2, 0.25) is 0 Å². The summed E-state index contributed by atoms with van der Waals surface area (Å²) in [5.41, 5.74) is 0.695. The number of nitrogens with one attached hydrogen (secondary N) is 3.